The second kappa shape index (κ2) is 6.20. The summed E-state index contributed by atoms with van der Waals surface area (Å²) in [5.74, 6) is 0. The molecule has 0 spiro atoms. The summed E-state index contributed by atoms with van der Waals surface area (Å²) in [7, 11) is 0.308. The molecule has 0 amide bonds. The molecular formula is C8H20NO2PS. The van der Waals surface area contributed by atoms with E-state index in [-0.39, 0.29) is 16.9 Å². The summed E-state index contributed by atoms with van der Waals surface area (Å²) in [6.07, 6.45) is 0.234. The van der Waals surface area contributed by atoms with E-state index in [2.05, 4.69) is 12.6 Å². The number of ether oxygens (including phenoxy) is 1. The van der Waals surface area contributed by atoms with E-state index in [1.807, 2.05) is 27.7 Å². The SMILES string of the molecule is CC(C)OPC(C)(C)O[C@H](S)CN. The normalized spacial score (nSPS) is 15.9. The molecule has 0 bridgehead atoms. The Balaban J connectivity index is 3.79. The first-order valence-electron chi connectivity index (χ1n) is 4.36. The van der Waals surface area contributed by atoms with E-state index in [4.69, 9.17) is 15.0 Å². The van der Waals surface area contributed by atoms with Gasteiger partial charge in [0.05, 0.1) is 6.10 Å². The molecule has 2 N–H and O–H groups in total. The maximum absolute atomic E-state index is 5.56. The minimum Gasteiger partial charge on any atom is -0.357 e. The van der Waals surface area contributed by atoms with Crippen LogP contribution in [-0.4, -0.2) is 23.4 Å². The fourth-order valence-electron chi connectivity index (χ4n) is 0.672. The highest BCUT2D eigenvalue weighted by atomic mass is 32.1. The first kappa shape index (κ1) is 13.7. The van der Waals surface area contributed by atoms with Crippen molar-refractivity contribution in [1.29, 1.82) is 0 Å². The lowest BCUT2D eigenvalue weighted by molar-refractivity contribution is 0.0278. The molecule has 0 aromatic rings. The predicted octanol–water partition coefficient (Wildman–Crippen LogP) is 1.97. The molecule has 0 aromatic carbocycles. The zero-order valence-electron chi connectivity index (χ0n) is 8.70. The van der Waals surface area contributed by atoms with Crippen molar-refractivity contribution < 1.29 is 9.26 Å². The van der Waals surface area contributed by atoms with E-state index in [1.165, 1.54) is 0 Å². The highest BCUT2D eigenvalue weighted by Gasteiger charge is 2.22. The van der Waals surface area contributed by atoms with Crippen molar-refractivity contribution in [2.75, 3.05) is 6.54 Å². The highest BCUT2D eigenvalue weighted by molar-refractivity contribution is 7.80. The topological polar surface area (TPSA) is 44.5 Å². The average molecular weight is 225 g/mol. The standard InChI is InChI=1S/C8H20NO2PS/c1-6(2)11-12-8(3,4)10-7(13)5-9/h6-7,12-13H,5,9H2,1-4H3/t7-/m1/s1. The van der Waals surface area contributed by atoms with Crippen LogP contribution in [0.3, 0.4) is 0 Å². The summed E-state index contributed by atoms with van der Waals surface area (Å²) in [5.41, 5.74) is 5.19. The molecule has 3 nitrogen and oxygen atoms in total. The van der Waals surface area contributed by atoms with E-state index in [9.17, 15) is 0 Å². The van der Waals surface area contributed by atoms with E-state index < -0.39 is 0 Å². The van der Waals surface area contributed by atoms with Gasteiger partial charge in [-0.15, -0.1) is 12.6 Å². The van der Waals surface area contributed by atoms with Crippen LogP contribution in [0.4, 0.5) is 0 Å². The van der Waals surface area contributed by atoms with Gasteiger partial charge in [0.2, 0.25) is 0 Å². The van der Waals surface area contributed by atoms with Crippen molar-refractivity contribution in [3.8, 4) is 0 Å². The molecule has 0 aliphatic carbocycles. The molecule has 0 saturated heterocycles. The molecule has 0 heterocycles. The van der Waals surface area contributed by atoms with Crippen LogP contribution in [0.1, 0.15) is 27.7 Å². The van der Waals surface area contributed by atoms with E-state index in [1.54, 1.807) is 0 Å². The molecule has 80 valence electrons. The van der Waals surface area contributed by atoms with E-state index in [0.29, 0.717) is 15.4 Å². The van der Waals surface area contributed by atoms with Crippen LogP contribution in [-0.2, 0) is 9.26 Å². The third-order valence-electron chi connectivity index (χ3n) is 1.17. The van der Waals surface area contributed by atoms with Crippen molar-refractivity contribution in [2.45, 2.75) is 44.6 Å². The average Bonchev–Trinajstić information content (AvgIpc) is 2.00. The Morgan fingerprint density at radius 2 is 2.00 bits per heavy atom. The lowest BCUT2D eigenvalue weighted by Crippen LogP contribution is -2.28. The molecule has 0 aliphatic heterocycles. The second-order valence-electron chi connectivity index (χ2n) is 3.59. The molecule has 0 radical (unpaired) electrons. The number of hydrogen-bond acceptors (Lipinski definition) is 4. The summed E-state index contributed by atoms with van der Waals surface area (Å²) in [4.78, 5) is 0. The zero-order chi connectivity index (χ0) is 10.5. The molecule has 1 unspecified atom stereocenters. The van der Waals surface area contributed by atoms with Crippen LogP contribution in [0.2, 0.25) is 0 Å². The molecule has 0 saturated carbocycles. The third kappa shape index (κ3) is 7.71. The zero-order valence-corrected chi connectivity index (χ0v) is 10.6. The van der Waals surface area contributed by atoms with Crippen LogP contribution < -0.4 is 5.73 Å². The first-order valence-corrected chi connectivity index (χ1v) is 5.78. The fraction of sp³-hybridized carbons (Fsp3) is 1.00. The van der Waals surface area contributed by atoms with Gasteiger partial charge in [0.25, 0.3) is 0 Å². The van der Waals surface area contributed by atoms with Gasteiger partial charge in [0.1, 0.15) is 10.8 Å². The Bertz CT molecular complexity index is 144. The van der Waals surface area contributed by atoms with Gasteiger partial charge in [-0.25, -0.2) is 0 Å². The van der Waals surface area contributed by atoms with Crippen LogP contribution >= 0.6 is 21.4 Å². The van der Waals surface area contributed by atoms with Crippen molar-refractivity contribution in [3.05, 3.63) is 0 Å². The fourth-order valence-corrected chi connectivity index (χ4v) is 1.74. The number of hydrogen-bond donors (Lipinski definition) is 2. The lowest BCUT2D eigenvalue weighted by Gasteiger charge is -2.28. The summed E-state index contributed by atoms with van der Waals surface area (Å²) in [5, 5.41) is -0.296. The molecular weight excluding hydrogens is 205 g/mol. The van der Waals surface area contributed by atoms with E-state index >= 15 is 0 Å². The summed E-state index contributed by atoms with van der Waals surface area (Å²) in [6.45, 7) is 8.38. The second-order valence-corrected chi connectivity index (χ2v) is 5.81. The summed E-state index contributed by atoms with van der Waals surface area (Å²) in [6, 6.07) is 0. The van der Waals surface area contributed by atoms with Gasteiger partial charge in [0, 0.05) is 15.4 Å². The first-order chi connectivity index (χ1) is 5.87. The Labute approximate surface area is 88.0 Å². The van der Waals surface area contributed by atoms with Crippen LogP contribution in [0, 0.1) is 0 Å². The van der Waals surface area contributed by atoms with Gasteiger partial charge in [-0.1, -0.05) is 0 Å². The Hall–Kier alpha value is 0.660. The van der Waals surface area contributed by atoms with E-state index in [0.717, 1.165) is 0 Å². The van der Waals surface area contributed by atoms with Gasteiger partial charge >= 0.3 is 0 Å². The largest absolute Gasteiger partial charge is 0.357 e. The van der Waals surface area contributed by atoms with Crippen molar-refractivity contribution in [3.63, 3.8) is 0 Å². The van der Waals surface area contributed by atoms with Gasteiger partial charge in [-0.05, 0) is 27.7 Å². The summed E-state index contributed by atoms with van der Waals surface area (Å²) < 4.78 is 11.0. The number of nitrogens with two attached hydrogens (primary N) is 1. The van der Waals surface area contributed by atoms with Gasteiger partial charge < -0.3 is 15.0 Å². The van der Waals surface area contributed by atoms with Crippen LogP contribution in [0.25, 0.3) is 0 Å². The summed E-state index contributed by atoms with van der Waals surface area (Å²) >= 11 is 4.17. The quantitative estimate of drug-likeness (QED) is 0.412. The smallest absolute Gasteiger partial charge is 0.113 e. The molecule has 2 atom stereocenters. The predicted molar refractivity (Wildman–Crippen MR) is 61.5 cm³/mol. The van der Waals surface area contributed by atoms with Gasteiger partial charge in [-0.3, -0.25) is 0 Å². The molecule has 0 rings (SSSR count). The van der Waals surface area contributed by atoms with Gasteiger partial charge in [-0.2, -0.15) is 0 Å². The maximum Gasteiger partial charge on any atom is 0.113 e. The Morgan fingerprint density at radius 1 is 1.46 bits per heavy atom. The number of thiol groups is 1. The lowest BCUT2D eigenvalue weighted by atomic mass is 10.4. The number of rotatable bonds is 6. The monoisotopic (exact) mass is 225 g/mol. The Kier molecular flexibility index (Phi) is 6.52. The molecule has 13 heavy (non-hydrogen) atoms. The van der Waals surface area contributed by atoms with Crippen LogP contribution in [0.15, 0.2) is 0 Å². The highest BCUT2D eigenvalue weighted by Crippen LogP contribution is 2.35. The maximum atomic E-state index is 5.56. The third-order valence-corrected chi connectivity index (χ3v) is 2.69. The van der Waals surface area contributed by atoms with Gasteiger partial charge in [0.15, 0.2) is 0 Å². The molecule has 0 aromatic heterocycles. The van der Waals surface area contributed by atoms with Crippen LogP contribution in [0.5, 0.6) is 0 Å². The molecule has 0 aliphatic rings. The molecule has 0 fully saturated rings. The Morgan fingerprint density at radius 3 is 2.38 bits per heavy atom. The van der Waals surface area contributed by atoms with Crippen molar-refractivity contribution in [1.82, 2.24) is 0 Å². The minimum atomic E-state index is -0.296. The minimum absolute atomic E-state index is 0.210. The molecule has 5 heteroatoms. The van der Waals surface area contributed by atoms with Crippen molar-refractivity contribution in [2.24, 2.45) is 5.73 Å². The van der Waals surface area contributed by atoms with Crippen molar-refractivity contribution >= 4 is 21.4 Å².